The van der Waals surface area contributed by atoms with Crippen LogP contribution in [-0.4, -0.2) is 6.54 Å². The maximum atomic E-state index is 13.8. The number of fused-ring (bicyclic) bond motifs is 1. The van der Waals surface area contributed by atoms with E-state index in [9.17, 15) is 4.39 Å². The average Bonchev–Trinajstić information content (AvgIpc) is 2.54. The Labute approximate surface area is 123 Å². The summed E-state index contributed by atoms with van der Waals surface area (Å²) in [6.07, 6.45) is 0. The number of benzene rings is 3. The molecule has 0 spiro atoms. The average molecular weight is 280 g/mol. The van der Waals surface area contributed by atoms with Crippen molar-refractivity contribution >= 4 is 16.5 Å². The molecule has 0 saturated heterocycles. The largest absolute Gasteiger partial charge is 0.375 e. The Bertz CT molecular complexity index is 750. The van der Waals surface area contributed by atoms with Gasteiger partial charge in [0.25, 0.3) is 0 Å². The Balaban J connectivity index is 2.01. The van der Waals surface area contributed by atoms with Gasteiger partial charge in [0.15, 0.2) is 0 Å². The minimum absolute atomic E-state index is 0.131. The van der Waals surface area contributed by atoms with E-state index in [1.807, 2.05) is 30.3 Å². The zero-order chi connectivity index (χ0) is 14.7. The molecule has 0 heterocycles. The van der Waals surface area contributed by atoms with Crippen LogP contribution in [0.2, 0.25) is 0 Å². The van der Waals surface area contributed by atoms with E-state index in [0.717, 1.165) is 16.3 Å². The van der Waals surface area contributed by atoms with Gasteiger partial charge in [-0.2, -0.15) is 0 Å². The molecule has 0 aliphatic carbocycles. The first-order valence-electron chi connectivity index (χ1n) is 6.98. The summed E-state index contributed by atoms with van der Waals surface area (Å²) in [6, 6.07) is 20.8. The first-order chi connectivity index (χ1) is 10.3. The molecule has 0 saturated carbocycles. The van der Waals surface area contributed by atoms with Gasteiger partial charge in [0.2, 0.25) is 0 Å². The van der Waals surface area contributed by atoms with E-state index in [1.165, 1.54) is 6.07 Å². The van der Waals surface area contributed by atoms with Gasteiger partial charge in [-0.25, -0.2) is 4.39 Å². The van der Waals surface area contributed by atoms with Crippen LogP contribution in [0, 0.1) is 5.82 Å². The summed E-state index contributed by atoms with van der Waals surface area (Å²) in [4.78, 5) is 0. The third-order valence-corrected chi connectivity index (χ3v) is 3.64. The quantitative estimate of drug-likeness (QED) is 0.755. The lowest BCUT2D eigenvalue weighted by Crippen LogP contribution is -2.21. The Morgan fingerprint density at radius 1 is 0.905 bits per heavy atom. The van der Waals surface area contributed by atoms with Gasteiger partial charge in [-0.15, -0.1) is 0 Å². The van der Waals surface area contributed by atoms with Crippen LogP contribution in [0.5, 0.6) is 0 Å². The van der Waals surface area contributed by atoms with Crippen molar-refractivity contribution in [3.05, 3.63) is 78.1 Å². The van der Waals surface area contributed by atoms with Gasteiger partial charge >= 0.3 is 0 Å². The summed E-state index contributed by atoms with van der Waals surface area (Å²) < 4.78 is 13.8. The number of nitrogens with two attached hydrogens (primary N) is 1. The van der Waals surface area contributed by atoms with E-state index < -0.39 is 0 Å². The number of rotatable bonds is 4. The van der Waals surface area contributed by atoms with E-state index >= 15 is 0 Å². The maximum Gasteiger partial charge on any atom is 0.146 e. The molecule has 3 rings (SSSR count). The van der Waals surface area contributed by atoms with E-state index in [1.54, 1.807) is 12.1 Å². The molecule has 0 aliphatic rings. The van der Waals surface area contributed by atoms with Crippen LogP contribution < -0.4 is 11.1 Å². The van der Waals surface area contributed by atoms with Crippen molar-refractivity contribution in [1.29, 1.82) is 0 Å². The third kappa shape index (κ3) is 2.73. The number of nitrogens with one attached hydrogen (secondary N) is 1. The van der Waals surface area contributed by atoms with Crippen LogP contribution in [0.3, 0.4) is 0 Å². The van der Waals surface area contributed by atoms with Crippen molar-refractivity contribution in [3.8, 4) is 0 Å². The molecule has 3 heteroatoms. The highest BCUT2D eigenvalue weighted by Crippen LogP contribution is 2.27. The normalized spacial score (nSPS) is 12.3. The van der Waals surface area contributed by atoms with E-state index in [2.05, 4.69) is 23.5 Å². The Morgan fingerprint density at radius 3 is 2.43 bits per heavy atom. The first kappa shape index (κ1) is 13.6. The number of anilines is 1. The molecule has 0 aromatic heterocycles. The summed E-state index contributed by atoms with van der Waals surface area (Å²) >= 11 is 0. The molecule has 0 radical (unpaired) electrons. The minimum Gasteiger partial charge on any atom is -0.375 e. The van der Waals surface area contributed by atoms with Gasteiger partial charge in [-0.05, 0) is 28.5 Å². The van der Waals surface area contributed by atoms with Crippen LogP contribution in [0.4, 0.5) is 10.1 Å². The lowest BCUT2D eigenvalue weighted by atomic mass is 9.98. The highest BCUT2D eigenvalue weighted by molar-refractivity contribution is 5.86. The lowest BCUT2D eigenvalue weighted by molar-refractivity contribution is 0.626. The van der Waals surface area contributed by atoms with Gasteiger partial charge in [0.1, 0.15) is 5.82 Å². The second-order valence-corrected chi connectivity index (χ2v) is 4.98. The fraction of sp³-hybridized carbons (Fsp3) is 0.111. The molecular weight excluding hydrogens is 263 g/mol. The monoisotopic (exact) mass is 280 g/mol. The molecule has 0 fully saturated rings. The smallest absolute Gasteiger partial charge is 0.146 e. The Hall–Kier alpha value is -2.39. The molecule has 0 bridgehead atoms. The molecular formula is C18H17FN2. The predicted octanol–water partition coefficient (Wildman–Crippen LogP) is 4.09. The molecule has 3 aromatic carbocycles. The molecule has 1 atom stereocenters. The topological polar surface area (TPSA) is 38.0 Å². The lowest BCUT2D eigenvalue weighted by Gasteiger charge is -2.20. The van der Waals surface area contributed by atoms with Gasteiger partial charge in [0, 0.05) is 6.54 Å². The zero-order valence-electron chi connectivity index (χ0n) is 11.6. The van der Waals surface area contributed by atoms with E-state index in [0.29, 0.717) is 12.2 Å². The highest BCUT2D eigenvalue weighted by Gasteiger charge is 2.14. The number of hydrogen-bond acceptors (Lipinski definition) is 2. The molecule has 21 heavy (non-hydrogen) atoms. The molecule has 0 aliphatic heterocycles. The summed E-state index contributed by atoms with van der Waals surface area (Å²) in [5, 5.41) is 5.50. The fourth-order valence-electron chi connectivity index (χ4n) is 2.58. The predicted molar refractivity (Wildman–Crippen MR) is 85.8 cm³/mol. The molecule has 3 aromatic rings. The first-order valence-corrected chi connectivity index (χ1v) is 6.98. The van der Waals surface area contributed by atoms with Gasteiger partial charge < -0.3 is 11.1 Å². The van der Waals surface area contributed by atoms with Gasteiger partial charge in [0.05, 0.1) is 11.7 Å². The standard InChI is InChI=1S/C18H17FN2/c19-16-10-3-4-11-17(16)21-18(12-20)15-9-5-7-13-6-1-2-8-14(13)15/h1-11,18,21H,12,20H2. The number of para-hydroxylation sites is 1. The van der Waals surface area contributed by atoms with E-state index in [4.69, 9.17) is 5.73 Å². The second kappa shape index (κ2) is 5.94. The third-order valence-electron chi connectivity index (χ3n) is 3.64. The SMILES string of the molecule is NCC(Nc1ccccc1F)c1cccc2ccccc12. The molecule has 106 valence electrons. The van der Waals surface area contributed by atoms with Crippen LogP contribution >= 0.6 is 0 Å². The maximum absolute atomic E-state index is 13.8. The van der Waals surface area contributed by atoms with E-state index in [-0.39, 0.29) is 11.9 Å². The fourth-order valence-corrected chi connectivity index (χ4v) is 2.58. The molecule has 1 unspecified atom stereocenters. The van der Waals surface area contributed by atoms with Gasteiger partial charge in [-0.3, -0.25) is 0 Å². The van der Waals surface area contributed by atoms with Crippen molar-refractivity contribution in [2.75, 3.05) is 11.9 Å². The van der Waals surface area contributed by atoms with Crippen LogP contribution in [0.1, 0.15) is 11.6 Å². The van der Waals surface area contributed by atoms with Crippen LogP contribution in [-0.2, 0) is 0 Å². The van der Waals surface area contributed by atoms with Crippen molar-refractivity contribution in [2.45, 2.75) is 6.04 Å². The van der Waals surface area contributed by atoms with Crippen molar-refractivity contribution < 1.29 is 4.39 Å². The summed E-state index contributed by atoms with van der Waals surface area (Å²) in [7, 11) is 0. The number of hydrogen-bond donors (Lipinski definition) is 2. The minimum atomic E-state index is -0.267. The van der Waals surface area contributed by atoms with Crippen molar-refractivity contribution in [3.63, 3.8) is 0 Å². The second-order valence-electron chi connectivity index (χ2n) is 4.98. The Kier molecular flexibility index (Phi) is 3.84. The summed E-state index contributed by atoms with van der Waals surface area (Å²) in [5.74, 6) is -0.267. The molecule has 3 N–H and O–H groups in total. The summed E-state index contributed by atoms with van der Waals surface area (Å²) in [5.41, 5.74) is 7.46. The van der Waals surface area contributed by atoms with Crippen molar-refractivity contribution in [2.24, 2.45) is 5.73 Å². The van der Waals surface area contributed by atoms with Crippen LogP contribution in [0.25, 0.3) is 10.8 Å². The zero-order valence-corrected chi connectivity index (χ0v) is 11.6. The molecule has 2 nitrogen and oxygen atoms in total. The van der Waals surface area contributed by atoms with Crippen LogP contribution in [0.15, 0.2) is 66.7 Å². The summed E-state index contributed by atoms with van der Waals surface area (Å²) in [6.45, 7) is 0.391. The molecule has 0 amide bonds. The number of halogens is 1. The Morgan fingerprint density at radius 2 is 1.62 bits per heavy atom. The van der Waals surface area contributed by atoms with Crippen molar-refractivity contribution in [1.82, 2.24) is 0 Å². The highest BCUT2D eigenvalue weighted by atomic mass is 19.1. The van der Waals surface area contributed by atoms with Gasteiger partial charge in [-0.1, -0.05) is 54.6 Å².